The highest BCUT2D eigenvalue weighted by molar-refractivity contribution is 5.91. The van der Waals surface area contributed by atoms with Crippen molar-refractivity contribution in [1.82, 2.24) is 9.38 Å². The number of benzene rings is 1. The number of nitrogens with zero attached hydrogens (tertiary/aromatic N) is 4. The molecule has 0 spiro atoms. The van der Waals surface area contributed by atoms with Crippen molar-refractivity contribution in [3.8, 4) is 5.75 Å². The predicted molar refractivity (Wildman–Crippen MR) is 88.7 cm³/mol. The van der Waals surface area contributed by atoms with Crippen LogP contribution in [0.25, 0.3) is 5.65 Å². The van der Waals surface area contributed by atoms with Crippen LogP contribution < -0.4 is 4.74 Å². The van der Waals surface area contributed by atoms with Crippen LogP contribution in [-0.2, 0) is 0 Å². The molecule has 3 rings (SSSR count). The number of rotatable bonds is 5. The maximum Gasteiger partial charge on any atom is 0.358 e. The first-order valence-corrected chi connectivity index (χ1v) is 7.45. The lowest BCUT2D eigenvalue weighted by molar-refractivity contribution is 0.0692. The largest absolute Gasteiger partial charge is 0.494 e. The number of ether oxygens (including phenoxy) is 1. The van der Waals surface area contributed by atoms with Crippen molar-refractivity contribution in [1.29, 1.82) is 0 Å². The molecule has 7 heteroatoms. The van der Waals surface area contributed by atoms with E-state index in [0.717, 1.165) is 11.3 Å². The number of pyridine rings is 1. The van der Waals surface area contributed by atoms with Gasteiger partial charge in [-0.25, -0.2) is 9.78 Å². The summed E-state index contributed by atoms with van der Waals surface area (Å²) in [4.78, 5) is 15.5. The topological polar surface area (TPSA) is 88.5 Å². The van der Waals surface area contributed by atoms with Crippen LogP contribution in [0.2, 0.25) is 0 Å². The molecule has 0 bridgehead atoms. The highest BCUT2D eigenvalue weighted by atomic mass is 16.5. The minimum atomic E-state index is -1.14. The van der Waals surface area contributed by atoms with E-state index in [4.69, 9.17) is 4.74 Å². The number of carboxylic acids is 1. The Morgan fingerprint density at radius 2 is 2.00 bits per heavy atom. The second-order valence-electron chi connectivity index (χ2n) is 5.15. The maximum atomic E-state index is 11.4. The van der Waals surface area contributed by atoms with Gasteiger partial charge in [-0.1, -0.05) is 0 Å². The van der Waals surface area contributed by atoms with Crippen molar-refractivity contribution in [3.63, 3.8) is 0 Å². The smallest absolute Gasteiger partial charge is 0.358 e. The second kappa shape index (κ2) is 6.49. The van der Waals surface area contributed by atoms with Crippen molar-refractivity contribution in [2.45, 2.75) is 13.8 Å². The fourth-order valence-corrected chi connectivity index (χ4v) is 2.25. The quantitative estimate of drug-likeness (QED) is 0.714. The molecule has 3 aromatic rings. The third-order valence-corrected chi connectivity index (χ3v) is 3.37. The standard InChI is InChI=1S/C17H16N4O3/c1-3-24-13-6-4-12(5-7-13)19-20-16-15(17(22)23)18-14-10-11(2)8-9-21(14)16/h4-10H,3H2,1-2H3,(H,22,23). The predicted octanol–water partition coefficient (Wildman–Crippen LogP) is 4.16. The van der Waals surface area contributed by atoms with E-state index in [0.29, 0.717) is 17.9 Å². The van der Waals surface area contributed by atoms with Crippen LogP contribution in [0.15, 0.2) is 52.8 Å². The zero-order chi connectivity index (χ0) is 17.1. The lowest BCUT2D eigenvalue weighted by Gasteiger charge is -2.01. The molecule has 1 N–H and O–H groups in total. The number of azo groups is 1. The Kier molecular flexibility index (Phi) is 4.24. The molecule has 24 heavy (non-hydrogen) atoms. The van der Waals surface area contributed by atoms with Crippen molar-refractivity contribution >= 4 is 23.1 Å². The van der Waals surface area contributed by atoms with Crippen molar-refractivity contribution in [3.05, 3.63) is 53.9 Å². The molecule has 2 heterocycles. The van der Waals surface area contributed by atoms with E-state index in [2.05, 4.69) is 15.2 Å². The van der Waals surface area contributed by atoms with Gasteiger partial charge in [-0.2, -0.15) is 0 Å². The molecule has 0 saturated carbocycles. The van der Waals surface area contributed by atoms with Gasteiger partial charge in [0.25, 0.3) is 0 Å². The first-order valence-electron chi connectivity index (χ1n) is 7.45. The Labute approximate surface area is 138 Å². The van der Waals surface area contributed by atoms with Gasteiger partial charge in [0.05, 0.1) is 12.3 Å². The van der Waals surface area contributed by atoms with Crippen LogP contribution in [-0.4, -0.2) is 27.1 Å². The van der Waals surface area contributed by atoms with Gasteiger partial charge in [0.1, 0.15) is 11.4 Å². The first kappa shape index (κ1) is 15.7. The summed E-state index contributed by atoms with van der Waals surface area (Å²) < 4.78 is 6.97. The molecular weight excluding hydrogens is 308 g/mol. The lowest BCUT2D eigenvalue weighted by Crippen LogP contribution is -1.96. The van der Waals surface area contributed by atoms with Crippen LogP contribution in [0.3, 0.4) is 0 Å². The maximum absolute atomic E-state index is 11.4. The van der Waals surface area contributed by atoms with Crippen molar-refractivity contribution < 1.29 is 14.6 Å². The van der Waals surface area contributed by atoms with Gasteiger partial charge in [-0.15, -0.1) is 10.2 Å². The van der Waals surface area contributed by atoms with Crippen molar-refractivity contribution in [2.24, 2.45) is 10.2 Å². The first-order chi connectivity index (χ1) is 11.6. The second-order valence-corrected chi connectivity index (χ2v) is 5.15. The van der Waals surface area contributed by atoms with E-state index in [-0.39, 0.29) is 11.5 Å². The lowest BCUT2D eigenvalue weighted by atomic mass is 10.3. The van der Waals surface area contributed by atoms with Gasteiger partial charge in [-0.3, -0.25) is 4.40 Å². The zero-order valence-electron chi connectivity index (χ0n) is 13.3. The van der Waals surface area contributed by atoms with Crippen molar-refractivity contribution in [2.75, 3.05) is 6.61 Å². The SMILES string of the molecule is CCOc1ccc(N=Nc2c(C(=O)O)nc3cc(C)ccn23)cc1. The van der Waals surface area contributed by atoms with Gasteiger partial charge in [-0.05, 0) is 55.8 Å². The number of imidazole rings is 1. The Balaban J connectivity index is 1.99. The van der Waals surface area contributed by atoms with Gasteiger partial charge in [0.2, 0.25) is 0 Å². The summed E-state index contributed by atoms with van der Waals surface area (Å²) in [5, 5.41) is 17.5. The summed E-state index contributed by atoms with van der Waals surface area (Å²) >= 11 is 0. The highest BCUT2D eigenvalue weighted by Gasteiger charge is 2.18. The molecule has 0 atom stereocenters. The van der Waals surface area contributed by atoms with E-state index in [1.807, 2.05) is 19.9 Å². The van der Waals surface area contributed by atoms with Crippen LogP contribution in [0.4, 0.5) is 11.5 Å². The number of aromatic nitrogens is 2. The molecule has 0 saturated heterocycles. The third-order valence-electron chi connectivity index (χ3n) is 3.37. The molecule has 0 radical (unpaired) electrons. The fourth-order valence-electron chi connectivity index (χ4n) is 2.25. The number of aromatic carboxylic acids is 1. The van der Waals surface area contributed by atoms with E-state index >= 15 is 0 Å². The zero-order valence-corrected chi connectivity index (χ0v) is 13.3. The van der Waals surface area contributed by atoms with Gasteiger partial charge < -0.3 is 9.84 Å². The average Bonchev–Trinajstić information content (AvgIpc) is 2.92. The molecule has 0 amide bonds. The number of carbonyl (C=O) groups is 1. The average molecular weight is 324 g/mol. The molecule has 2 aromatic heterocycles. The summed E-state index contributed by atoms with van der Waals surface area (Å²) in [5.41, 5.74) is 1.97. The Morgan fingerprint density at radius 1 is 1.25 bits per heavy atom. The third kappa shape index (κ3) is 3.10. The Hall–Kier alpha value is -3.22. The Morgan fingerprint density at radius 3 is 2.67 bits per heavy atom. The Bertz CT molecular complexity index is 913. The fraction of sp³-hybridized carbons (Fsp3) is 0.176. The van der Waals surface area contributed by atoms with Crippen LogP contribution >= 0.6 is 0 Å². The monoisotopic (exact) mass is 324 g/mol. The molecular formula is C17H16N4O3. The van der Waals surface area contributed by atoms with Crippen LogP contribution in [0, 0.1) is 6.92 Å². The summed E-state index contributed by atoms with van der Waals surface area (Å²) in [5.74, 6) is -0.212. The molecule has 1 aromatic carbocycles. The molecule has 0 aliphatic heterocycles. The number of aryl methyl sites for hydroxylation is 1. The molecule has 0 unspecified atom stereocenters. The molecule has 0 aliphatic carbocycles. The highest BCUT2D eigenvalue weighted by Crippen LogP contribution is 2.25. The number of carboxylic acid groups (broad SMARTS) is 1. The molecule has 122 valence electrons. The van der Waals surface area contributed by atoms with Crippen LogP contribution in [0.1, 0.15) is 23.0 Å². The summed E-state index contributed by atoms with van der Waals surface area (Å²) in [6.07, 6.45) is 1.73. The van der Waals surface area contributed by atoms with E-state index in [1.54, 1.807) is 40.9 Å². The van der Waals surface area contributed by atoms with E-state index in [1.165, 1.54) is 0 Å². The van der Waals surface area contributed by atoms with Gasteiger partial charge >= 0.3 is 5.97 Å². The van der Waals surface area contributed by atoms with Gasteiger partial charge in [0.15, 0.2) is 11.5 Å². The van der Waals surface area contributed by atoms with Gasteiger partial charge in [0, 0.05) is 6.20 Å². The number of fused-ring (bicyclic) bond motifs is 1. The van der Waals surface area contributed by atoms with E-state index in [9.17, 15) is 9.90 Å². The number of hydrogen-bond acceptors (Lipinski definition) is 5. The van der Waals surface area contributed by atoms with E-state index < -0.39 is 5.97 Å². The molecule has 7 nitrogen and oxygen atoms in total. The summed E-state index contributed by atoms with van der Waals surface area (Å²) in [7, 11) is 0. The summed E-state index contributed by atoms with van der Waals surface area (Å²) in [6, 6.07) is 10.7. The minimum absolute atomic E-state index is 0.129. The number of hydrogen-bond donors (Lipinski definition) is 1. The molecule has 0 fully saturated rings. The van der Waals surface area contributed by atoms with Crippen LogP contribution in [0.5, 0.6) is 5.75 Å². The minimum Gasteiger partial charge on any atom is -0.494 e. The summed E-state index contributed by atoms with van der Waals surface area (Å²) in [6.45, 7) is 4.41. The molecule has 0 aliphatic rings. The normalized spacial score (nSPS) is 11.2.